The highest BCUT2D eigenvalue weighted by Gasteiger charge is 2.08. The Hall–Kier alpha value is -0.480. The van der Waals surface area contributed by atoms with Gasteiger partial charge < -0.3 is 5.32 Å². The predicted molar refractivity (Wildman–Crippen MR) is 69.6 cm³/mol. The second-order valence-corrected chi connectivity index (χ2v) is 5.07. The number of benzene rings is 1. The van der Waals surface area contributed by atoms with Crippen LogP contribution in [0.1, 0.15) is 15.9 Å². The monoisotopic (exact) mass is 287 g/mol. The first-order valence-corrected chi connectivity index (χ1v) is 6.87. The number of rotatable bonds is 4. The molecule has 0 heterocycles. The fraction of sp³-hybridized carbons (Fsp3) is 0.364. The molecule has 15 heavy (non-hydrogen) atoms. The van der Waals surface area contributed by atoms with Gasteiger partial charge in [0.25, 0.3) is 5.91 Å². The van der Waals surface area contributed by atoms with Crippen molar-refractivity contribution in [2.24, 2.45) is 0 Å². The average Bonchev–Trinajstić information content (AvgIpc) is 2.22. The molecule has 0 saturated carbocycles. The molecule has 2 nitrogen and oxygen atoms in total. The molecule has 0 atom stereocenters. The first-order chi connectivity index (χ1) is 7.15. The van der Waals surface area contributed by atoms with Gasteiger partial charge in [-0.2, -0.15) is 11.8 Å². The van der Waals surface area contributed by atoms with Crippen molar-refractivity contribution in [3.05, 3.63) is 33.8 Å². The fourth-order valence-corrected chi connectivity index (χ4v) is 1.91. The Morgan fingerprint density at radius 3 is 2.93 bits per heavy atom. The molecule has 4 heteroatoms. The molecule has 0 aromatic heterocycles. The SMILES string of the molecule is CSCCNC(=O)c1cc(C)ccc1Br. The third-order valence-corrected chi connectivity index (χ3v) is 3.26. The summed E-state index contributed by atoms with van der Waals surface area (Å²) in [6.45, 7) is 2.69. The van der Waals surface area contributed by atoms with E-state index < -0.39 is 0 Å². The van der Waals surface area contributed by atoms with E-state index in [0.29, 0.717) is 12.1 Å². The molecule has 0 aliphatic rings. The van der Waals surface area contributed by atoms with Crippen LogP contribution < -0.4 is 5.32 Å². The van der Waals surface area contributed by atoms with Crippen molar-refractivity contribution in [3.8, 4) is 0 Å². The number of carbonyl (C=O) groups excluding carboxylic acids is 1. The summed E-state index contributed by atoms with van der Waals surface area (Å²) in [6.07, 6.45) is 2.02. The lowest BCUT2D eigenvalue weighted by Gasteiger charge is -2.06. The van der Waals surface area contributed by atoms with E-state index in [4.69, 9.17) is 0 Å². The molecular weight excluding hydrogens is 274 g/mol. The highest BCUT2D eigenvalue weighted by Crippen LogP contribution is 2.17. The van der Waals surface area contributed by atoms with Crippen molar-refractivity contribution in [1.29, 1.82) is 0 Å². The van der Waals surface area contributed by atoms with Crippen molar-refractivity contribution in [2.45, 2.75) is 6.92 Å². The van der Waals surface area contributed by atoms with Crippen LogP contribution in [0, 0.1) is 6.92 Å². The molecule has 0 bridgehead atoms. The highest BCUT2D eigenvalue weighted by atomic mass is 79.9. The lowest BCUT2D eigenvalue weighted by atomic mass is 10.1. The van der Waals surface area contributed by atoms with Crippen molar-refractivity contribution in [3.63, 3.8) is 0 Å². The van der Waals surface area contributed by atoms with Gasteiger partial charge in [-0.05, 0) is 41.2 Å². The standard InChI is InChI=1S/C11H14BrNOS/c1-8-3-4-10(12)9(7-8)11(14)13-5-6-15-2/h3-4,7H,5-6H2,1-2H3,(H,13,14). The van der Waals surface area contributed by atoms with E-state index in [1.807, 2.05) is 31.4 Å². The summed E-state index contributed by atoms with van der Waals surface area (Å²) in [5.41, 5.74) is 1.80. The highest BCUT2D eigenvalue weighted by molar-refractivity contribution is 9.10. The van der Waals surface area contributed by atoms with Gasteiger partial charge in [0.15, 0.2) is 0 Å². The van der Waals surface area contributed by atoms with Crippen LogP contribution in [-0.2, 0) is 0 Å². The summed E-state index contributed by atoms with van der Waals surface area (Å²) < 4.78 is 0.842. The Morgan fingerprint density at radius 1 is 1.53 bits per heavy atom. The average molecular weight is 288 g/mol. The Labute approximate surface area is 103 Å². The number of halogens is 1. The Morgan fingerprint density at radius 2 is 2.27 bits per heavy atom. The van der Waals surface area contributed by atoms with Gasteiger partial charge >= 0.3 is 0 Å². The molecule has 1 aromatic rings. The van der Waals surface area contributed by atoms with Gasteiger partial charge in [-0.3, -0.25) is 4.79 Å². The van der Waals surface area contributed by atoms with E-state index >= 15 is 0 Å². The molecule has 0 spiro atoms. The van der Waals surface area contributed by atoms with E-state index in [2.05, 4.69) is 21.2 Å². The molecule has 0 radical (unpaired) electrons. The van der Waals surface area contributed by atoms with Gasteiger partial charge in [-0.15, -0.1) is 0 Å². The minimum atomic E-state index is -0.0142. The van der Waals surface area contributed by atoms with Crippen LogP contribution >= 0.6 is 27.7 Å². The molecule has 0 aliphatic carbocycles. The third-order valence-electron chi connectivity index (χ3n) is 1.96. The topological polar surface area (TPSA) is 29.1 Å². The predicted octanol–water partition coefficient (Wildman–Crippen LogP) is 2.85. The van der Waals surface area contributed by atoms with Crippen LogP contribution in [0.5, 0.6) is 0 Å². The number of nitrogens with one attached hydrogen (secondary N) is 1. The van der Waals surface area contributed by atoms with Gasteiger partial charge in [0.2, 0.25) is 0 Å². The summed E-state index contributed by atoms with van der Waals surface area (Å²) in [5.74, 6) is 0.925. The summed E-state index contributed by atoms with van der Waals surface area (Å²) in [4.78, 5) is 11.7. The van der Waals surface area contributed by atoms with Gasteiger partial charge in [0.05, 0.1) is 5.56 Å². The van der Waals surface area contributed by atoms with Gasteiger partial charge in [0.1, 0.15) is 0 Å². The maximum absolute atomic E-state index is 11.7. The number of amides is 1. The molecular formula is C11H14BrNOS. The molecule has 82 valence electrons. The van der Waals surface area contributed by atoms with Gasteiger partial charge in [0, 0.05) is 16.8 Å². The van der Waals surface area contributed by atoms with E-state index in [1.165, 1.54) is 0 Å². The first kappa shape index (κ1) is 12.6. The Bertz CT molecular complexity index is 354. The molecule has 1 rings (SSSR count). The zero-order chi connectivity index (χ0) is 11.3. The Kier molecular flexibility index (Phi) is 5.19. The number of hydrogen-bond donors (Lipinski definition) is 1. The van der Waals surface area contributed by atoms with E-state index in [-0.39, 0.29) is 5.91 Å². The second kappa shape index (κ2) is 6.18. The molecule has 1 N–H and O–H groups in total. The fourth-order valence-electron chi connectivity index (χ4n) is 1.17. The van der Waals surface area contributed by atoms with Crippen molar-refractivity contribution >= 4 is 33.6 Å². The summed E-state index contributed by atoms with van der Waals surface area (Å²) >= 11 is 5.09. The maximum atomic E-state index is 11.7. The number of hydrogen-bond acceptors (Lipinski definition) is 2. The van der Waals surface area contributed by atoms with Crippen LogP contribution in [0.25, 0.3) is 0 Å². The van der Waals surface area contributed by atoms with E-state index in [1.54, 1.807) is 11.8 Å². The smallest absolute Gasteiger partial charge is 0.252 e. The summed E-state index contributed by atoms with van der Waals surface area (Å²) in [7, 11) is 0. The quantitative estimate of drug-likeness (QED) is 0.863. The Balaban J connectivity index is 2.68. The minimum Gasteiger partial charge on any atom is -0.351 e. The van der Waals surface area contributed by atoms with Crippen LogP contribution in [0.4, 0.5) is 0 Å². The minimum absolute atomic E-state index is 0.0142. The van der Waals surface area contributed by atoms with Crippen LogP contribution in [-0.4, -0.2) is 24.5 Å². The molecule has 1 amide bonds. The van der Waals surface area contributed by atoms with Gasteiger partial charge in [-0.1, -0.05) is 11.6 Å². The lowest BCUT2D eigenvalue weighted by Crippen LogP contribution is -2.26. The van der Waals surface area contributed by atoms with Crippen molar-refractivity contribution in [1.82, 2.24) is 5.32 Å². The normalized spacial score (nSPS) is 10.1. The third kappa shape index (κ3) is 3.87. The van der Waals surface area contributed by atoms with Crippen LogP contribution in [0.2, 0.25) is 0 Å². The molecule has 0 fully saturated rings. The molecule has 0 saturated heterocycles. The van der Waals surface area contributed by atoms with Crippen LogP contribution in [0.15, 0.2) is 22.7 Å². The summed E-state index contributed by atoms with van der Waals surface area (Å²) in [5, 5.41) is 2.88. The number of carbonyl (C=O) groups is 1. The molecule has 1 aromatic carbocycles. The van der Waals surface area contributed by atoms with E-state index in [0.717, 1.165) is 15.8 Å². The zero-order valence-corrected chi connectivity index (χ0v) is 11.2. The zero-order valence-electron chi connectivity index (χ0n) is 8.84. The van der Waals surface area contributed by atoms with Crippen molar-refractivity contribution < 1.29 is 4.79 Å². The number of thioether (sulfide) groups is 1. The lowest BCUT2D eigenvalue weighted by molar-refractivity contribution is 0.0955. The van der Waals surface area contributed by atoms with Gasteiger partial charge in [-0.25, -0.2) is 0 Å². The van der Waals surface area contributed by atoms with E-state index in [9.17, 15) is 4.79 Å². The molecule has 0 aliphatic heterocycles. The van der Waals surface area contributed by atoms with Crippen molar-refractivity contribution in [2.75, 3.05) is 18.6 Å². The molecule has 0 unspecified atom stereocenters. The maximum Gasteiger partial charge on any atom is 0.252 e. The number of aryl methyl sites for hydroxylation is 1. The summed E-state index contributed by atoms with van der Waals surface area (Å²) in [6, 6.07) is 5.76. The first-order valence-electron chi connectivity index (χ1n) is 4.68. The van der Waals surface area contributed by atoms with Crippen LogP contribution in [0.3, 0.4) is 0 Å². The largest absolute Gasteiger partial charge is 0.351 e. The second-order valence-electron chi connectivity index (χ2n) is 3.23.